The van der Waals surface area contributed by atoms with Gasteiger partial charge in [0.1, 0.15) is 5.75 Å². The third-order valence-electron chi connectivity index (χ3n) is 5.40. The van der Waals surface area contributed by atoms with Crippen molar-refractivity contribution in [2.24, 2.45) is 0 Å². The van der Waals surface area contributed by atoms with Crippen LogP contribution in [0.5, 0.6) is 5.75 Å². The first kappa shape index (κ1) is 21.3. The van der Waals surface area contributed by atoms with E-state index in [1.807, 2.05) is 39.0 Å². The lowest BCUT2D eigenvalue weighted by Crippen LogP contribution is -2.53. The number of rotatable bonds is 6. The molecule has 1 atom stereocenters. The molecule has 0 aliphatic carbocycles. The Balaban J connectivity index is 1.65. The Morgan fingerprint density at radius 2 is 1.66 bits per heavy atom. The Labute approximate surface area is 173 Å². The van der Waals surface area contributed by atoms with Crippen LogP contribution >= 0.6 is 0 Å². The van der Waals surface area contributed by atoms with Gasteiger partial charge in [-0.05, 0) is 49.6 Å². The average molecular weight is 417 g/mol. The first-order valence-electron chi connectivity index (χ1n) is 9.91. The number of aryl methyl sites for hydroxylation is 1. The van der Waals surface area contributed by atoms with Crippen LogP contribution in [0.15, 0.2) is 53.4 Å². The molecule has 0 unspecified atom stereocenters. The summed E-state index contributed by atoms with van der Waals surface area (Å²) in [7, 11) is -3.53. The number of hydrogen-bond donors (Lipinski definition) is 0. The molecule has 0 N–H and O–H groups in total. The molecular weight excluding hydrogens is 388 g/mol. The van der Waals surface area contributed by atoms with E-state index in [9.17, 15) is 13.2 Å². The smallest absolute Gasteiger partial charge is 0.263 e. The SMILES string of the molecule is CC[C@@H](Oc1cccc(C)c1C)C(=O)N1CCN(S(=O)(=O)c2ccccc2)CC1. The second-order valence-electron chi connectivity index (χ2n) is 7.26. The van der Waals surface area contributed by atoms with Crippen LogP contribution < -0.4 is 4.74 Å². The van der Waals surface area contributed by atoms with E-state index in [-0.39, 0.29) is 23.9 Å². The van der Waals surface area contributed by atoms with Crippen molar-refractivity contribution in [1.82, 2.24) is 9.21 Å². The highest BCUT2D eigenvalue weighted by Gasteiger charge is 2.32. The lowest BCUT2D eigenvalue weighted by atomic mass is 10.1. The molecule has 2 aromatic rings. The average Bonchev–Trinajstić information content (AvgIpc) is 2.75. The van der Waals surface area contributed by atoms with Gasteiger partial charge in [0.2, 0.25) is 10.0 Å². The second-order valence-corrected chi connectivity index (χ2v) is 9.19. The number of sulfonamides is 1. The van der Waals surface area contributed by atoms with Gasteiger partial charge in [-0.25, -0.2) is 8.42 Å². The fraction of sp³-hybridized carbons (Fsp3) is 0.409. The Hall–Kier alpha value is -2.38. The Morgan fingerprint density at radius 3 is 2.28 bits per heavy atom. The highest BCUT2D eigenvalue weighted by Crippen LogP contribution is 2.24. The van der Waals surface area contributed by atoms with Crippen molar-refractivity contribution in [2.45, 2.75) is 38.2 Å². The van der Waals surface area contributed by atoms with E-state index in [4.69, 9.17) is 4.74 Å². The highest BCUT2D eigenvalue weighted by molar-refractivity contribution is 7.89. The summed E-state index contributed by atoms with van der Waals surface area (Å²) in [5, 5.41) is 0. The number of nitrogens with zero attached hydrogens (tertiary/aromatic N) is 2. The molecule has 0 spiro atoms. The summed E-state index contributed by atoms with van der Waals surface area (Å²) in [6, 6.07) is 14.2. The van der Waals surface area contributed by atoms with Crippen LogP contribution in [0.3, 0.4) is 0 Å². The highest BCUT2D eigenvalue weighted by atomic mass is 32.2. The van der Waals surface area contributed by atoms with Crippen molar-refractivity contribution in [1.29, 1.82) is 0 Å². The minimum Gasteiger partial charge on any atom is -0.480 e. The first-order chi connectivity index (χ1) is 13.8. The number of carbonyl (C=O) groups is 1. The predicted octanol–water partition coefficient (Wildman–Crippen LogP) is 2.99. The zero-order valence-electron chi connectivity index (χ0n) is 17.2. The summed E-state index contributed by atoms with van der Waals surface area (Å²) in [6.07, 6.45) is -0.0258. The quantitative estimate of drug-likeness (QED) is 0.726. The van der Waals surface area contributed by atoms with Crippen molar-refractivity contribution in [3.05, 3.63) is 59.7 Å². The van der Waals surface area contributed by atoms with Crippen LogP contribution in [0.1, 0.15) is 24.5 Å². The largest absolute Gasteiger partial charge is 0.480 e. The molecule has 2 aromatic carbocycles. The van der Waals surface area contributed by atoms with Crippen LogP contribution in [0.4, 0.5) is 0 Å². The molecule has 1 amide bonds. The zero-order valence-corrected chi connectivity index (χ0v) is 18.0. The van der Waals surface area contributed by atoms with Gasteiger partial charge in [-0.15, -0.1) is 0 Å². The van der Waals surface area contributed by atoms with Crippen LogP contribution in [0, 0.1) is 13.8 Å². The molecule has 29 heavy (non-hydrogen) atoms. The van der Waals surface area contributed by atoms with Gasteiger partial charge >= 0.3 is 0 Å². The van der Waals surface area contributed by atoms with Gasteiger partial charge in [0, 0.05) is 26.2 Å². The zero-order chi connectivity index (χ0) is 21.0. The lowest BCUT2D eigenvalue weighted by molar-refractivity contribution is -0.140. The molecule has 1 aliphatic rings. The van der Waals surface area contributed by atoms with Gasteiger partial charge in [-0.2, -0.15) is 4.31 Å². The third kappa shape index (κ3) is 4.62. The molecule has 0 aromatic heterocycles. The van der Waals surface area contributed by atoms with Crippen LogP contribution in [-0.2, 0) is 14.8 Å². The summed E-state index contributed by atoms with van der Waals surface area (Å²) in [6.45, 7) is 7.19. The summed E-state index contributed by atoms with van der Waals surface area (Å²) in [4.78, 5) is 15.0. The van der Waals surface area contributed by atoms with E-state index in [2.05, 4.69) is 0 Å². The van der Waals surface area contributed by atoms with E-state index in [1.54, 1.807) is 35.2 Å². The van der Waals surface area contributed by atoms with Crippen LogP contribution in [-0.4, -0.2) is 55.8 Å². The number of carbonyl (C=O) groups excluding carboxylic acids is 1. The fourth-order valence-electron chi connectivity index (χ4n) is 3.41. The fourth-order valence-corrected chi connectivity index (χ4v) is 4.85. The van der Waals surface area contributed by atoms with Gasteiger partial charge in [-0.1, -0.05) is 37.3 Å². The van der Waals surface area contributed by atoms with Crippen LogP contribution in [0.25, 0.3) is 0 Å². The standard InChI is InChI=1S/C22H28N2O4S/c1-4-20(28-21-12-8-9-17(2)18(21)3)22(25)23-13-15-24(16-14-23)29(26,27)19-10-6-5-7-11-19/h5-12,20H,4,13-16H2,1-3H3/t20-/m1/s1. The monoisotopic (exact) mass is 416 g/mol. The third-order valence-corrected chi connectivity index (χ3v) is 7.31. The number of ether oxygens (including phenoxy) is 1. The number of amides is 1. The molecule has 0 radical (unpaired) electrons. The summed E-state index contributed by atoms with van der Waals surface area (Å²) >= 11 is 0. The molecule has 156 valence electrons. The van der Waals surface area contributed by atoms with Crippen molar-refractivity contribution in [2.75, 3.05) is 26.2 Å². The summed E-state index contributed by atoms with van der Waals surface area (Å²) in [5.41, 5.74) is 2.14. The maximum absolute atomic E-state index is 13.0. The van der Waals surface area contributed by atoms with E-state index >= 15 is 0 Å². The molecule has 1 aliphatic heterocycles. The summed E-state index contributed by atoms with van der Waals surface area (Å²) < 4.78 is 33.0. The van der Waals surface area contributed by atoms with Crippen molar-refractivity contribution in [3.8, 4) is 5.75 Å². The van der Waals surface area contributed by atoms with E-state index in [1.165, 1.54) is 4.31 Å². The molecule has 7 heteroatoms. The number of hydrogen-bond acceptors (Lipinski definition) is 4. The maximum Gasteiger partial charge on any atom is 0.263 e. The molecule has 0 bridgehead atoms. The molecule has 1 fully saturated rings. The Kier molecular flexibility index (Phi) is 6.59. The topological polar surface area (TPSA) is 66.9 Å². The van der Waals surface area contributed by atoms with E-state index < -0.39 is 16.1 Å². The molecule has 3 rings (SSSR count). The second kappa shape index (κ2) is 8.97. The van der Waals surface area contributed by atoms with E-state index in [0.717, 1.165) is 16.9 Å². The van der Waals surface area contributed by atoms with Gasteiger partial charge in [0.25, 0.3) is 5.91 Å². The first-order valence-corrected chi connectivity index (χ1v) is 11.4. The van der Waals surface area contributed by atoms with Crippen molar-refractivity contribution < 1.29 is 17.9 Å². The van der Waals surface area contributed by atoms with Crippen LogP contribution in [0.2, 0.25) is 0 Å². The van der Waals surface area contributed by atoms with Gasteiger partial charge in [-0.3, -0.25) is 4.79 Å². The molecule has 6 nitrogen and oxygen atoms in total. The predicted molar refractivity (Wildman–Crippen MR) is 112 cm³/mol. The van der Waals surface area contributed by atoms with Gasteiger partial charge in [0.05, 0.1) is 4.90 Å². The minimum absolute atomic E-state index is 0.0924. The van der Waals surface area contributed by atoms with Gasteiger partial charge in [0.15, 0.2) is 6.10 Å². The molecular formula is C22H28N2O4S. The summed E-state index contributed by atoms with van der Waals surface area (Å²) in [5.74, 6) is 0.626. The minimum atomic E-state index is -3.53. The van der Waals surface area contributed by atoms with Crippen molar-refractivity contribution in [3.63, 3.8) is 0 Å². The normalized spacial score (nSPS) is 16.4. The van der Waals surface area contributed by atoms with Crippen molar-refractivity contribution >= 4 is 15.9 Å². The number of benzene rings is 2. The molecule has 0 saturated carbocycles. The Bertz CT molecular complexity index is 952. The Morgan fingerprint density at radius 1 is 1.00 bits per heavy atom. The molecule has 1 saturated heterocycles. The van der Waals surface area contributed by atoms with Gasteiger partial charge < -0.3 is 9.64 Å². The van der Waals surface area contributed by atoms with E-state index in [0.29, 0.717) is 19.5 Å². The number of piperazine rings is 1. The maximum atomic E-state index is 13.0. The molecule has 1 heterocycles. The lowest BCUT2D eigenvalue weighted by Gasteiger charge is -2.35.